The lowest BCUT2D eigenvalue weighted by molar-refractivity contribution is 0.0162. The highest BCUT2D eigenvalue weighted by Gasteiger charge is 2.24. The quantitative estimate of drug-likeness (QED) is 0.648. The lowest BCUT2D eigenvalue weighted by atomic mass is 10.0. The third kappa shape index (κ3) is 4.53. The molecule has 0 aliphatic carbocycles. The van der Waals surface area contributed by atoms with Crippen LogP contribution in [0.15, 0.2) is 60.2 Å². The van der Waals surface area contributed by atoms with Crippen LogP contribution in [0.5, 0.6) is 5.75 Å². The fourth-order valence-electron chi connectivity index (χ4n) is 3.61. The van der Waals surface area contributed by atoms with Crippen molar-refractivity contribution >= 4 is 17.2 Å². The van der Waals surface area contributed by atoms with Crippen molar-refractivity contribution in [2.24, 2.45) is 0 Å². The number of methoxy groups -OCH3 is 1. The Balaban J connectivity index is 1.50. The lowest BCUT2D eigenvalue weighted by Gasteiger charge is -2.35. The van der Waals surface area contributed by atoms with Crippen molar-refractivity contribution in [1.29, 1.82) is 0 Å². The first-order chi connectivity index (χ1) is 14.3. The van der Waals surface area contributed by atoms with Gasteiger partial charge < -0.3 is 19.4 Å². The Kier molecular flexibility index (Phi) is 6.29. The second-order valence-corrected chi connectivity index (χ2v) is 7.79. The average molecular weight is 412 g/mol. The molecule has 0 saturated carbocycles. The molecule has 3 heterocycles. The van der Waals surface area contributed by atoms with Gasteiger partial charge in [-0.3, -0.25) is 9.69 Å². The summed E-state index contributed by atoms with van der Waals surface area (Å²) in [6.07, 6.45) is 3.90. The second-order valence-electron chi connectivity index (χ2n) is 6.87. The van der Waals surface area contributed by atoms with E-state index in [1.807, 2.05) is 52.7 Å². The van der Waals surface area contributed by atoms with Crippen molar-refractivity contribution in [3.05, 3.63) is 70.7 Å². The number of carbonyl (C=O) groups is 1. The smallest absolute Gasteiger partial charge is 0.263 e. The summed E-state index contributed by atoms with van der Waals surface area (Å²) in [4.78, 5) is 16.1. The summed E-state index contributed by atoms with van der Waals surface area (Å²) in [5.41, 5.74) is 2.06. The van der Waals surface area contributed by atoms with Gasteiger partial charge in [0, 0.05) is 32.0 Å². The third-order valence-electron chi connectivity index (χ3n) is 5.18. The molecular weight excluding hydrogens is 386 g/mol. The highest BCUT2D eigenvalue weighted by molar-refractivity contribution is 7.12. The summed E-state index contributed by atoms with van der Waals surface area (Å²) in [6, 6.07) is 14.0. The van der Waals surface area contributed by atoms with Crippen LogP contribution in [-0.2, 0) is 4.74 Å². The fraction of sp³-hybridized carbons (Fsp3) is 0.318. The van der Waals surface area contributed by atoms with Gasteiger partial charge in [-0.15, -0.1) is 11.3 Å². The zero-order chi connectivity index (χ0) is 20.1. The highest BCUT2D eigenvalue weighted by Crippen LogP contribution is 2.25. The molecule has 1 amide bonds. The minimum atomic E-state index is -0.0459. The molecule has 1 aromatic carbocycles. The van der Waals surface area contributed by atoms with Gasteiger partial charge in [0.05, 0.1) is 32.1 Å². The molecule has 0 bridgehead atoms. The standard InChI is InChI=1S/C22H25N3O3S/c1-27-18-6-4-17(5-7-18)20(25-11-13-28-14-12-25)16-23-22(26)21-19(8-15-29-21)24-9-2-3-10-24/h2-10,15,20H,11-14,16H2,1H3,(H,23,26)/t20-/m1/s1. The second kappa shape index (κ2) is 9.26. The summed E-state index contributed by atoms with van der Waals surface area (Å²) in [6.45, 7) is 3.65. The van der Waals surface area contributed by atoms with Crippen LogP contribution in [0.3, 0.4) is 0 Å². The van der Waals surface area contributed by atoms with E-state index in [-0.39, 0.29) is 11.9 Å². The van der Waals surface area contributed by atoms with Gasteiger partial charge in [0.1, 0.15) is 10.6 Å². The van der Waals surface area contributed by atoms with Gasteiger partial charge in [-0.1, -0.05) is 12.1 Å². The van der Waals surface area contributed by atoms with Gasteiger partial charge in [-0.25, -0.2) is 0 Å². The molecule has 0 spiro atoms. The van der Waals surface area contributed by atoms with Crippen LogP contribution in [-0.4, -0.2) is 55.3 Å². The molecule has 1 atom stereocenters. The van der Waals surface area contributed by atoms with Crippen LogP contribution >= 0.6 is 11.3 Å². The molecule has 2 aromatic heterocycles. The van der Waals surface area contributed by atoms with E-state index in [1.165, 1.54) is 11.3 Å². The van der Waals surface area contributed by atoms with Crippen molar-refractivity contribution in [3.8, 4) is 11.4 Å². The molecule has 1 saturated heterocycles. The number of nitrogens with zero attached hydrogens (tertiary/aromatic N) is 2. The van der Waals surface area contributed by atoms with E-state index >= 15 is 0 Å². The molecule has 29 heavy (non-hydrogen) atoms. The maximum atomic E-state index is 13.0. The number of carbonyl (C=O) groups excluding carboxylic acids is 1. The molecule has 6 nitrogen and oxygen atoms in total. The van der Waals surface area contributed by atoms with E-state index in [0.29, 0.717) is 19.8 Å². The number of nitrogens with one attached hydrogen (secondary N) is 1. The Morgan fingerprint density at radius 1 is 1.17 bits per heavy atom. The van der Waals surface area contributed by atoms with E-state index in [2.05, 4.69) is 22.3 Å². The molecule has 4 rings (SSSR count). The maximum Gasteiger partial charge on any atom is 0.263 e. The summed E-state index contributed by atoms with van der Waals surface area (Å²) < 4.78 is 12.8. The molecule has 1 N–H and O–H groups in total. The molecule has 0 radical (unpaired) electrons. The van der Waals surface area contributed by atoms with E-state index in [1.54, 1.807) is 7.11 Å². The summed E-state index contributed by atoms with van der Waals surface area (Å²) >= 11 is 1.46. The fourth-order valence-corrected chi connectivity index (χ4v) is 4.42. The molecule has 1 aliphatic rings. The molecule has 7 heteroatoms. The van der Waals surface area contributed by atoms with E-state index in [9.17, 15) is 4.79 Å². The molecule has 3 aromatic rings. The number of aromatic nitrogens is 1. The third-order valence-corrected chi connectivity index (χ3v) is 6.08. The monoisotopic (exact) mass is 411 g/mol. The number of benzene rings is 1. The normalized spacial score (nSPS) is 15.8. The van der Waals surface area contributed by atoms with E-state index < -0.39 is 0 Å². The van der Waals surface area contributed by atoms with Crippen molar-refractivity contribution < 1.29 is 14.3 Å². The topological polar surface area (TPSA) is 55.7 Å². The van der Waals surface area contributed by atoms with Crippen LogP contribution in [0.1, 0.15) is 21.3 Å². The zero-order valence-corrected chi connectivity index (χ0v) is 17.2. The van der Waals surface area contributed by atoms with E-state index in [0.717, 1.165) is 35.0 Å². The van der Waals surface area contributed by atoms with Crippen LogP contribution < -0.4 is 10.1 Å². The van der Waals surface area contributed by atoms with Crippen LogP contribution in [0.4, 0.5) is 0 Å². The highest BCUT2D eigenvalue weighted by atomic mass is 32.1. The summed E-state index contributed by atoms with van der Waals surface area (Å²) in [7, 11) is 1.66. The Labute approximate surface area is 174 Å². The first kappa shape index (κ1) is 19.7. The minimum absolute atomic E-state index is 0.0459. The maximum absolute atomic E-state index is 13.0. The number of hydrogen-bond donors (Lipinski definition) is 1. The Morgan fingerprint density at radius 2 is 1.90 bits per heavy atom. The molecule has 152 valence electrons. The van der Waals surface area contributed by atoms with Crippen LogP contribution in [0.25, 0.3) is 5.69 Å². The van der Waals surface area contributed by atoms with Gasteiger partial charge in [0.2, 0.25) is 0 Å². The molecular formula is C22H25N3O3S. The van der Waals surface area contributed by atoms with Crippen molar-refractivity contribution in [1.82, 2.24) is 14.8 Å². The zero-order valence-electron chi connectivity index (χ0n) is 16.4. The largest absolute Gasteiger partial charge is 0.497 e. The predicted molar refractivity (Wildman–Crippen MR) is 114 cm³/mol. The number of morpholine rings is 1. The van der Waals surface area contributed by atoms with Gasteiger partial charge in [-0.05, 0) is 41.3 Å². The minimum Gasteiger partial charge on any atom is -0.497 e. The average Bonchev–Trinajstić information content (AvgIpc) is 3.46. The number of hydrogen-bond acceptors (Lipinski definition) is 5. The van der Waals surface area contributed by atoms with Gasteiger partial charge in [0.15, 0.2) is 0 Å². The van der Waals surface area contributed by atoms with Crippen molar-refractivity contribution in [2.45, 2.75) is 6.04 Å². The van der Waals surface area contributed by atoms with Gasteiger partial charge in [0.25, 0.3) is 5.91 Å². The van der Waals surface area contributed by atoms with E-state index in [4.69, 9.17) is 9.47 Å². The predicted octanol–water partition coefficient (Wildman–Crippen LogP) is 3.35. The first-order valence-corrected chi connectivity index (χ1v) is 10.6. The van der Waals surface area contributed by atoms with Crippen LogP contribution in [0, 0.1) is 0 Å². The van der Waals surface area contributed by atoms with Crippen molar-refractivity contribution in [2.75, 3.05) is 40.0 Å². The SMILES string of the molecule is COc1ccc([C@@H](CNC(=O)c2sccc2-n2cccc2)N2CCOCC2)cc1. The number of thiophene rings is 1. The lowest BCUT2D eigenvalue weighted by Crippen LogP contribution is -2.43. The van der Waals surface area contributed by atoms with Gasteiger partial charge in [-0.2, -0.15) is 0 Å². The molecule has 1 aliphatic heterocycles. The van der Waals surface area contributed by atoms with Crippen LogP contribution in [0.2, 0.25) is 0 Å². The van der Waals surface area contributed by atoms with Crippen molar-refractivity contribution in [3.63, 3.8) is 0 Å². The number of amides is 1. The Bertz CT molecular complexity index is 915. The Hall–Kier alpha value is -2.61. The first-order valence-electron chi connectivity index (χ1n) is 9.71. The number of ether oxygens (including phenoxy) is 2. The summed E-state index contributed by atoms with van der Waals surface area (Å²) in [5.74, 6) is 0.781. The van der Waals surface area contributed by atoms with Gasteiger partial charge >= 0.3 is 0 Å². The number of rotatable bonds is 7. The molecule has 1 fully saturated rings. The molecule has 0 unspecified atom stereocenters. The summed E-state index contributed by atoms with van der Waals surface area (Å²) in [5, 5.41) is 5.11. The Morgan fingerprint density at radius 3 is 2.59 bits per heavy atom.